The molecule has 0 saturated heterocycles. The molecule has 4 heteroatoms. The molecule has 0 heterocycles. The minimum atomic E-state index is -2.67. The molecule has 0 N–H and O–H groups in total. The van der Waals surface area contributed by atoms with Gasteiger partial charge in [-0.2, -0.15) is 0 Å². The molecule has 1 aromatic carbocycles. The van der Waals surface area contributed by atoms with Crippen LogP contribution in [0.4, 0.5) is 13.2 Å². The van der Waals surface area contributed by atoms with Gasteiger partial charge in [0, 0.05) is 5.56 Å². The summed E-state index contributed by atoms with van der Waals surface area (Å²) < 4.78 is 42.7. The van der Waals surface area contributed by atoms with Crippen LogP contribution in [0.25, 0.3) is 5.76 Å². The summed E-state index contributed by atoms with van der Waals surface area (Å²) in [5.74, 6) is -0.595. The standard InChI is InChI=1S/C11H11F3O/c1-3-15-7(2)9-5-4-8(11(13)14)6-10(9)12/h4-6,11H,2-3H2,1H3. The Morgan fingerprint density at radius 3 is 2.60 bits per heavy atom. The van der Waals surface area contributed by atoms with Crippen molar-refractivity contribution in [1.29, 1.82) is 0 Å². The first-order valence-electron chi connectivity index (χ1n) is 4.46. The Bertz CT molecular complexity index is 361. The maximum absolute atomic E-state index is 13.3. The van der Waals surface area contributed by atoms with E-state index in [0.717, 1.165) is 12.1 Å². The second kappa shape index (κ2) is 4.87. The maximum Gasteiger partial charge on any atom is 0.263 e. The summed E-state index contributed by atoms with van der Waals surface area (Å²) in [4.78, 5) is 0. The predicted octanol–water partition coefficient (Wildman–Crippen LogP) is 3.77. The van der Waals surface area contributed by atoms with Crippen molar-refractivity contribution >= 4 is 5.76 Å². The normalized spacial score (nSPS) is 10.5. The molecule has 0 saturated carbocycles. The zero-order valence-corrected chi connectivity index (χ0v) is 8.27. The lowest BCUT2D eigenvalue weighted by Gasteiger charge is -2.09. The third-order valence-corrected chi connectivity index (χ3v) is 1.86. The van der Waals surface area contributed by atoms with Gasteiger partial charge in [0.1, 0.15) is 11.6 Å². The second-order valence-electron chi connectivity index (χ2n) is 2.90. The quantitative estimate of drug-likeness (QED) is 0.696. The number of ether oxygens (including phenoxy) is 1. The molecule has 15 heavy (non-hydrogen) atoms. The van der Waals surface area contributed by atoms with Gasteiger partial charge >= 0.3 is 0 Å². The lowest BCUT2D eigenvalue weighted by atomic mass is 10.1. The summed E-state index contributed by atoms with van der Waals surface area (Å²) in [5, 5.41) is 0. The fraction of sp³-hybridized carbons (Fsp3) is 0.273. The zero-order chi connectivity index (χ0) is 11.4. The van der Waals surface area contributed by atoms with Crippen LogP contribution in [0, 0.1) is 5.82 Å². The molecule has 0 fully saturated rings. The molecular weight excluding hydrogens is 205 g/mol. The summed E-state index contributed by atoms with van der Waals surface area (Å²) >= 11 is 0. The molecule has 0 spiro atoms. The van der Waals surface area contributed by atoms with E-state index < -0.39 is 12.2 Å². The Morgan fingerprint density at radius 2 is 2.13 bits per heavy atom. The minimum Gasteiger partial charge on any atom is -0.494 e. The number of alkyl halides is 2. The molecule has 0 unspecified atom stereocenters. The summed E-state index contributed by atoms with van der Waals surface area (Å²) in [5.41, 5.74) is -0.234. The number of benzene rings is 1. The van der Waals surface area contributed by atoms with Crippen LogP contribution < -0.4 is 0 Å². The topological polar surface area (TPSA) is 9.23 Å². The SMILES string of the molecule is C=C(OCC)c1ccc(C(F)F)cc1F. The highest BCUT2D eigenvalue weighted by molar-refractivity contribution is 5.58. The molecule has 0 aromatic heterocycles. The molecule has 0 atom stereocenters. The smallest absolute Gasteiger partial charge is 0.263 e. The van der Waals surface area contributed by atoms with Crippen molar-refractivity contribution < 1.29 is 17.9 Å². The molecule has 0 aliphatic heterocycles. The van der Waals surface area contributed by atoms with Crippen LogP contribution in [-0.4, -0.2) is 6.61 Å². The van der Waals surface area contributed by atoms with Gasteiger partial charge in [0.2, 0.25) is 0 Å². The highest BCUT2D eigenvalue weighted by Crippen LogP contribution is 2.24. The second-order valence-corrected chi connectivity index (χ2v) is 2.90. The minimum absolute atomic E-state index is 0.112. The van der Waals surface area contributed by atoms with Crippen LogP contribution in [0.1, 0.15) is 24.5 Å². The van der Waals surface area contributed by atoms with Gasteiger partial charge in [-0.15, -0.1) is 0 Å². The van der Waals surface area contributed by atoms with Crippen LogP contribution in [0.15, 0.2) is 24.8 Å². The fourth-order valence-corrected chi connectivity index (χ4v) is 1.15. The van der Waals surface area contributed by atoms with Gasteiger partial charge in [-0.05, 0) is 19.1 Å². The molecule has 1 rings (SSSR count). The molecule has 0 amide bonds. The van der Waals surface area contributed by atoms with Crippen molar-refractivity contribution in [3.05, 3.63) is 41.7 Å². The maximum atomic E-state index is 13.3. The predicted molar refractivity (Wildman–Crippen MR) is 52.0 cm³/mol. The van der Waals surface area contributed by atoms with Crippen LogP contribution in [-0.2, 0) is 4.74 Å². The highest BCUT2D eigenvalue weighted by atomic mass is 19.3. The van der Waals surface area contributed by atoms with Crippen LogP contribution in [0.3, 0.4) is 0 Å². The van der Waals surface area contributed by atoms with Crippen molar-refractivity contribution in [3.63, 3.8) is 0 Å². The van der Waals surface area contributed by atoms with Crippen molar-refractivity contribution in [3.8, 4) is 0 Å². The molecule has 0 radical (unpaired) electrons. The van der Waals surface area contributed by atoms with Crippen molar-refractivity contribution in [2.24, 2.45) is 0 Å². The average molecular weight is 216 g/mol. The van der Waals surface area contributed by atoms with E-state index in [1.165, 1.54) is 6.07 Å². The fourth-order valence-electron chi connectivity index (χ4n) is 1.15. The van der Waals surface area contributed by atoms with E-state index in [1.54, 1.807) is 6.92 Å². The number of rotatable bonds is 4. The summed E-state index contributed by atoms with van der Waals surface area (Å²) in [6, 6.07) is 3.20. The van der Waals surface area contributed by atoms with Gasteiger partial charge in [0.15, 0.2) is 0 Å². The average Bonchev–Trinajstić information content (AvgIpc) is 2.17. The monoisotopic (exact) mass is 216 g/mol. The Labute approximate surface area is 86.2 Å². The lowest BCUT2D eigenvalue weighted by Crippen LogP contribution is -1.95. The number of halogens is 3. The van der Waals surface area contributed by atoms with Gasteiger partial charge in [0.25, 0.3) is 6.43 Å². The third-order valence-electron chi connectivity index (χ3n) is 1.86. The molecule has 82 valence electrons. The lowest BCUT2D eigenvalue weighted by molar-refractivity contribution is 0.151. The van der Waals surface area contributed by atoms with Crippen LogP contribution >= 0.6 is 0 Å². The van der Waals surface area contributed by atoms with E-state index in [9.17, 15) is 13.2 Å². The Hall–Kier alpha value is -1.45. The number of hydrogen-bond acceptors (Lipinski definition) is 1. The molecule has 0 bridgehead atoms. The molecule has 1 aromatic rings. The summed E-state index contributed by atoms with van der Waals surface area (Å²) in [7, 11) is 0. The van der Waals surface area contributed by atoms with Crippen molar-refractivity contribution in [1.82, 2.24) is 0 Å². The number of hydrogen-bond donors (Lipinski definition) is 0. The third kappa shape index (κ3) is 2.75. The molecular formula is C11H11F3O. The van der Waals surface area contributed by atoms with Crippen molar-refractivity contribution in [2.45, 2.75) is 13.3 Å². The van der Waals surface area contributed by atoms with Gasteiger partial charge in [0.05, 0.1) is 12.2 Å². The van der Waals surface area contributed by atoms with Gasteiger partial charge in [-0.25, -0.2) is 13.2 Å². The van der Waals surface area contributed by atoms with E-state index in [4.69, 9.17) is 4.74 Å². The van der Waals surface area contributed by atoms with Gasteiger partial charge in [-0.3, -0.25) is 0 Å². The molecule has 0 aliphatic rings. The van der Waals surface area contributed by atoms with E-state index in [1.807, 2.05) is 0 Å². The summed E-state index contributed by atoms with van der Waals surface area (Å²) in [6.45, 7) is 5.59. The van der Waals surface area contributed by atoms with E-state index >= 15 is 0 Å². The van der Waals surface area contributed by atoms with E-state index in [-0.39, 0.29) is 16.9 Å². The van der Waals surface area contributed by atoms with E-state index in [0.29, 0.717) is 6.61 Å². The van der Waals surface area contributed by atoms with E-state index in [2.05, 4.69) is 6.58 Å². The van der Waals surface area contributed by atoms with Gasteiger partial charge in [-0.1, -0.05) is 12.6 Å². The largest absolute Gasteiger partial charge is 0.494 e. The first kappa shape index (κ1) is 11.6. The van der Waals surface area contributed by atoms with Crippen LogP contribution in [0.2, 0.25) is 0 Å². The molecule has 1 nitrogen and oxygen atoms in total. The van der Waals surface area contributed by atoms with Crippen molar-refractivity contribution in [2.75, 3.05) is 6.61 Å². The first-order chi connectivity index (χ1) is 7.06. The highest BCUT2D eigenvalue weighted by Gasteiger charge is 2.12. The summed E-state index contributed by atoms with van der Waals surface area (Å²) in [6.07, 6.45) is -2.67. The Kier molecular flexibility index (Phi) is 3.77. The first-order valence-corrected chi connectivity index (χ1v) is 4.46. The van der Waals surface area contributed by atoms with Gasteiger partial charge < -0.3 is 4.74 Å². The zero-order valence-electron chi connectivity index (χ0n) is 8.27. The Morgan fingerprint density at radius 1 is 1.47 bits per heavy atom. The Balaban J connectivity index is 2.98. The molecule has 0 aliphatic carbocycles. The van der Waals surface area contributed by atoms with Crippen LogP contribution in [0.5, 0.6) is 0 Å².